The number of amides is 1. The second-order valence-electron chi connectivity index (χ2n) is 9.34. The van der Waals surface area contributed by atoms with Crippen molar-refractivity contribution in [2.24, 2.45) is 0 Å². The number of piperazine rings is 1. The summed E-state index contributed by atoms with van der Waals surface area (Å²) in [6.07, 6.45) is 5.72. The van der Waals surface area contributed by atoms with Crippen LogP contribution in [0.15, 0.2) is 48.9 Å². The molecule has 2 N–H and O–H groups in total. The quantitative estimate of drug-likeness (QED) is 0.304. The van der Waals surface area contributed by atoms with E-state index in [-0.39, 0.29) is 39.2 Å². The molecule has 1 amide bonds. The number of anilines is 1. The van der Waals surface area contributed by atoms with Crippen molar-refractivity contribution in [1.82, 2.24) is 25.2 Å². The van der Waals surface area contributed by atoms with Crippen molar-refractivity contribution >= 4 is 34.4 Å². The van der Waals surface area contributed by atoms with Gasteiger partial charge in [0.15, 0.2) is 11.6 Å². The number of hydrogen-bond acceptors (Lipinski definition) is 8. The van der Waals surface area contributed by atoms with E-state index in [2.05, 4.69) is 37.4 Å². The Labute approximate surface area is 236 Å². The van der Waals surface area contributed by atoms with Crippen molar-refractivity contribution in [3.05, 3.63) is 70.9 Å². The fraction of sp³-hybridized carbons (Fsp3) is 0.310. The smallest absolute Gasteiger partial charge is 0.259 e. The van der Waals surface area contributed by atoms with Crippen LogP contribution >= 0.6 is 11.6 Å². The number of nitrogens with one attached hydrogen (secondary N) is 2. The zero-order valence-corrected chi connectivity index (χ0v) is 23.3. The van der Waals surface area contributed by atoms with E-state index < -0.39 is 11.7 Å². The number of nitrogens with zero attached hydrogens (tertiary/aromatic N) is 4. The molecule has 1 fully saturated rings. The van der Waals surface area contributed by atoms with E-state index in [1.807, 2.05) is 12.3 Å². The van der Waals surface area contributed by atoms with E-state index >= 15 is 4.39 Å². The van der Waals surface area contributed by atoms with Gasteiger partial charge < -0.3 is 20.1 Å². The highest BCUT2D eigenvalue weighted by atomic mass is 35.5. The maximum absolute atomic E-state index is 15.4. The highest BCUT2D eigenvalue weighted by molar-refractivity contribution is 6.35. The van der Waals surface area contributed by atoms with Crippen LogP contribution in [-0.4, -0.2) is 66.2 Å². The van der Waals surface area contributed by atoms with Crippen molar-refractivity contribution in [2.75, 3.05) is 45.7 Å². The third-order valence-electron chi connectivity index (χ3n) is 7.10. The van der Waals surface area contributed by atoms with E-state index in [4.69, 9.17) is 21.1 Å². The number of halogens is 2. The number of carbonyl (C=O) groups excluding carboxylic acids is 1. The van der Waals surface area contributed by atoms with Gasteiger partial charge in [-0.2, -0.15) is 0 Å². The summed E-state index contributed by atoms with van der Waals surface area (Å²) in [6.45, 7) is 6.08. The first kappa shape index (κ1) is 27.7. The molecule has 3 heterocycles. The lowest BCUT2D eigenvalue weighted by Crippen LogP contribution is -2.45. The molecule has 1 atom stereocenters. The Balaban J connectivity index is 1.46. The Bertz CT molecular complexity index is 1500. The minimum absolute atomic E-state index is 0.0353. The molecule has 2 aromatic heterocycles. The third kappa shape index (κ3) is 5.30. The van der Waals surface area contributed by atoms with Gasteiger partial charge in [-0.15, -0.1) is 0 Å². The predicted molar refractivity (Wildman–Crippen MR) is 153 cm³/mol. The van der Waals surface area contributed by atoms with Crippen molar-refractivity contribution in [2.45, 2.75) is 19.4 Å². The van der Waals surface area contributed by atoms with Crippen LogP contribution in [0.5, 0.6) is 11.5 Å². The van der Waals surface area contributed by atoms with Gasteiger partial charge in [-0.3, -0.25) is 19.7 Å². The van der Waals surface area contributed by atoms with Crippen LogP contribution in [0.4, 0.5) is 10.2 Å². The lowest BCUT2D eigenvalue weighted by atomic mass is 9.99. The number of rotatable bonds is 8. The summed E-state index contributed by atoms with van der Waals surface area (Å²) < 4.78 is 25.9. The average molecular weight is 565 g/mol. The molecule has 0 radical (unpaired) electrons. The fourth-order valence-corrected chi connectivity index (χ4v) is 5.44. The molecule has 5 rings (SSSR count). The summed E-state index contributed by atoms with van der Waals surface area (Å²) in [7, 11) is 2.79. The zero-order valence-electron chi connectivity index (χ0n) is 22.5. The lowest BCUT2D eigenvalue weighted by Gasteiger charge is -2.34. The van der Waals surface area contributed by atoms with E-state index in [9.17, 15) is 4.79 Å². The molecule has 40 heavy (non-hydrogen) atoms. The van der Waals surface area contributed by atoms with Crippen molar-refractivity contribution in [3.63, 3.8) is 0 Å². The van der Waals surface area contributed by atoms with Gasteiger partial charge in [-0.1, -0.05) is 30.7 Å². The van der Waals surface area contributed by atoms with E-state index in [1.165, 1.54) is 32.7 Å². The third-order valence-corrected chi connectivity index (χ3v) is 7.48. The molecule has 0 bridgehead atoms. The van der Waals surface area contributed by atoms with Crippen LogP contribution in [0.25, 0.3) is 22.2 Å². The molecule has 0 aliphatic carbocycles. The summed E-state index contributed by atoms with van der Waals surface area (Å²) >= 11 is 6.52. The molecule has 1 aliphatic heterocycles. The number of hydrogen-bond donors (Lipinski definition) is 2. The van der Waals surface area contributed by atoms with Gasteiger partial charge in [0.25, 0.3) is 5.91 Å². The molecule has 1 unspecified atom stereocenters. The second-order valence-corrected chi connectivity index (χ2v) is 9.72. The van der Waals surface area contributed by atoms with Crippen LogP contribution < -0.4 is 20.1 Å². The average Bonchev–Trinajstić information content (AvgIpc) is 2.99. The van der Waals surface area contributed by atoms with Crippen molar-refractivity contribution < 1.29 is 18.7 Å². The number of aromatic nitrogens is 3. The molecule has 2 aromatic carbocycles. The molecule has 1 aliphatic rings. The van der Waals surface area contributed by atoms with Gasteiger partial charge in [0.05, 0.1) is 30.3 Å². The number of pyridine rings is 1. The van der Waals surface area contributed by atoms with Gasteiger partial charge in [-0.25, -0.2) is 9.37 Å². The molecule has 208 valence electrons. The normalized spacial score (nSPS) is 14.6. The van der Waals surface area contributed by atoms with Gasteiger partial charge in [0.2, 0.25) is 0 Å². The minimum atomic E-state index is -0.673. The second kappa shape index (κ2) is 12.1. The molecule has 1 saturated heterocycles. The largest absolute Gasteiger partial charge is 0.495 e. The molecule has 0 saturated carbocycles. The lowest BCUT2D eigenvalue weighted by molar-refractivity contribution is 0.102. The number of ether oxygens (including phenoxy) is 2. The molecule has 4 aromatic rings. The van der Waals surface area contributed by atoms with Gasteiger partial charge in [-0.05, 0) is 24.1 Å². The van der Waals surface area contributed by atoms with Gasteiger partial charge in [0, 0.05) is 68.0 Å². The van der Waals surface area contributed by atoms with E-state index in [1.54, 1.807) is 18.2 Å². The first-order chi connectivity index (χ1) is 19.5. The van der Waals surface area contributed by atoms with Crippen LogP contribution in [0.1, 0.15) is 35.3 Å². The van der Waals surface area contributed by atoms with Crippen LogP contribution in [0.2, 0.25) is 5.02 Å². The van der Waals surface area contributed by atoms with Gasteiger partial charge in [0.1, 0.15) is 17.1 Å². The maximum atomic E-state index is 15.4. The molecule has 0 spiro atoms. The summed E-state index contributed by atoms with van der Waals surface area (Å²) in [6, 6.07) is 8.61. The first-order valence-corrected chi connectivity index (χ1v) is 13.4. The summed E-state index contributed by atoms with van der Waals surface area (Å²) in [4.78, 5) is 29.1. The summed E-state index contributed by atoms with van der Waals surface area (Å²) in [5.41, 5.74) is 2.35. The van der Waals surface area contributed by atoms with Crippen LogP contribution in [0, 0.1) is 5.82 Å². The number of methoxy groups -OCH3 is 2. The number of fused-ring (bicyclic) bond motifs is 1. The Morgan fingerprint density at radius 1 is 1.07 bits per heavy atom. The topological polar surface area (TPSA) is 102 Å². The number of benzene rings is 2. The summed E-state index contributed by atoms with van der Waals surface area (Å²) in [5, 5.41) is 6.29. The highest BCUT2D eigenvalue weighted by Crippen LogP contribution is 2.44. The minimum Gasteiger partial charge on any atom is -0.495 e. The SMILES string of the molecule is CCC(c1ccc(NC(=O)c2ccc(-c3c(F)c(OC)cc(OC)c3Cl)c3nccnc23)nc1)N1CCNCC1. The van der Waals surface area contributed by atoms with E-state index in [0.717, 1.165) is 38.2 Å². The Kier molecular flexibility index (Phi) is 8.39. The predicted octanol–water partition coefficient (Wildman–Crippen LogP) is 5.11. The van der Waals surface area contributed by atoms with E-state index in [0.29, 0.717) is 16.9 Å². The number of carbonyl (C=O) groups is 1. The highest BCUT2D eigenvalue weighted by Gasteiger charge is 2.25. The fourth-order valence-electron chi connectivity index (χ4n) is 5.12. The maximum Gasteiger partial charge on any atom is 0.259 e. The Morgan fingerprint density at radius 3 is 2.45 bits per heavy atom. The molecular formula is C29H30ClFN6O3. The summed E-state index contributed by atoms with van der Waals surface area (Å²) in [5.74, 6) is -0.469. The molecule has 11 heteroatoms. The van der Waals surface area contributed by atoms with Crippen molar-refractivity contribution in [1.29, 1.82) is 0 Å². The zero-order chi connectivity index (χ0) is 28.2. The molecule has 9 nitrogen and oxygen atoms in total. The standard InChI is InChI=1S/C29H30ClFN6O3/c1-4-20(37-13-11-32-12-14-37)17-5-8-23(35-16-17)36-29(38)19-7-6-18(27-28(19)34-10-9-33-27)24-25(30)21(39-2)15-22(40-3)26(24)31/h5-10,15-16,20,32H,4,11-14H2,1-3H3,(H,35,36,38). The monoisotopic (exact) mass is 564 g/mol. The van der Waals surface area contributed by atoms with Gasteiger partial charge >= 0.3 is 0 Å². The Hall–Kier alpha value is -3.86. The first-order valence-electron chi connectivity index (χ1n) is 13.0. The Morgan fingerprint density at radius 2 is 1.80 bits per heavy atom. The van der Waals surface area contributed by atoms with Crippen molar-refractivity contribution in [3.8, 4) is 22.6 Å². The van der Waals surface area contributed by atoms with Crippen LogP contribution in [0.3, 0.4) is 0 Å². The van der Waals surface area contributed by atoms with Crippen LogP contribution in [-0.2, 0) is 0 Å². The molecular weight excluding hydrogens is 535 g/mol.